The van der Waals surface area contributed by atoms with Crippen molar-refractivity contribution < 1.29 is 13.0 Å². The Kier molecular flexibility index (Phi) is 15.3. The minimum absolute atomic E-state index is 0.0284. The maximum absolute atomic E-state index is 10.9. The number of unbranched alkanes of at least 4 members (excludes halogenated alkanes) is 9. The van der Waals surface area contributed by atoms with Gasteiger partial charge in [-0.2, -0.15) is 8.42 Å². The maximum Gasteiger partial charge on any atom is 0.294 e. The van der Waals surface area contributed by atoms with Crippen LogP contribution in [0.25, 0.3) is 0 Å². The summed E-state index contributed by atoms with van der Waals surface area (Å²) in [6.45, 7) is 2.25. The Hall–Kier alpha value is -3.16. The van der Waals surface area contributed by atoms with Crippen LogP contribution in [0.1, 0.15) is 87.8 Å². The molecular formula is C35H51N3O3S. The molecule has 0 aliphatic heterocycles. The van der Waals surface area contributed by atoms with Gasteiger partial charge in [0.05, 0.1) is 10.6 Å². The van der Waals surface area contributed by atoms with Gasteiger partial charge in [0.1, 0.15) is 0 Å². The summed E-state index contributed by atoms with van der Waals surface area (Å²) >= 11 is 0. The monoisotopic (exact) mass is 593 g/mol. The first-order chi connectivity index (χ1) is 20.0. The molecule has 0 saturated heterocycles. The molecule has 42 heavy (non-hydrogen) atoms. The topological polar surface area (TPSA) is 84.7 Å². The van der Waals surface area contributed by atoms with E-state index in [9.17, 15) is 8.42 Å². The molecule has 3 rings (SSSR count). The first-order valence-corrected chi connectivity index (χ1v) is 16.7. The fourth-order valence-electron chi connectivity index (χ4n) is 4.66. The Morgan fingerprint density at radius 3 is 1.36 bits per heavy atom. The summed E-state index contributed by atoms with van der Waals surface area (Å²) in [6, 6.07) is 22.7. The van der Waals surface area contributed by atoms with Crippen molar-refractivity contribution in [3.05, 3.63) is 89.5 Å². The van der Waals surface area contributed by atoms with Crippen LogP contribution in [0.3, 0.4) is 0 Å². The maximum atomic E-state index is 10.9. The van der Waals surface area contributed by atoms with E-state index in [2.05, 4.69) is 16.7 Å². The van der Waals surface area contributed by atoms with E-state index in [0.29, 0.717) is 5.71 Å². The van der Waals surface area contributed by atoms with Crippen LogP contribution in [-0.2, 0) is 16.5 Å². The van der Waals surface area contributed by atoms with Crippen LogP contribution in [0.15, 0.2) is 77.7 Å². The van der Waals surface area contributed by atoms with E-state index >= 15 is 0 Å². The molecular weight excluding hydrogens is 542 g/mol. The zero-order valence-corrected chi connectivity index (χ0v) is 27.1. The van der Waals surface area contributed by atoms with Gasteiger partial charge in [-0.15, -0.1) is 0 Å². The van der Waals surface area contributed by atoms with Gasteiger partial charge in [0, 0.05) is 50.7 Å². The molecule has 0 unspecified atom stereocenters. The highest BCUT2D eigenvalue weighted by Gasteiger charge is 2.08. The summed E-state index contributed by atoms with van der Waals surface area (Å²) in [4.78, 5) is 4.08. The standard InChI is InChI=1S/C18H30O3S.C17H21N3/c1-2-3-4-5-6-7-8-9-10-11-12-17-13-15-18(16-14-17)22(19,20)21;1-19(2)15-9-5-13(6-10-15)17(18)14-7-11-16(12-8-14)20(3)4/h13-16H,2-12H2,1H3,(H,19,20,21);5-12,18H,1-4H3. The van der Waals surface area contributed by atoms with Crippen molar-refractivity contribution in [3.63, 3.8) is 0 Å². The summed E-state index contributed by atoms with van der Waals surface area (Å²) in [5, 5.41) is 8.30. The third kappa shape index (κ3) is 12.8. The van der Waals surface area contributed by atoms with Crippen LogP contribution < -0.4 is 9.80 Å². The SMILES string of the molecule is CCCCCCCCCCCCc1ccc(S(=O)(=O)O)cc1.CN(C)c1ccc(C(=N)c2ccc(N(C)C)cc2)cc1. The summed E-state index contributed by atoms with van der Waals surface area (Å²) in [5.41, 5.74) is 5.85. The molecule has 7 heteroatoms. The molecule has 2 N–H and O–H groups in total. The molecule has 0 spiro atoms. The Morgan fingerprint density at radius 2 is 1.00 bits per heavy atom. The number of nitrogens with one attached hydrogen (secondary N) is 1. The van der Waals surface area contributed by atoms with E-state index in [1.807, 2.05) is 76.7 Å². The zero-order chi connectivity index (χ0) is 31.0. The van der Waals surface area contributed by atoms with Crippen LogP contribution in [0.2, 0.25) is 0 Å². The highest BCUT2D eigenvalue weighted by Crippen LogP contribution is 2.18. The molecule has 3 aromatic carbocycles. The Bertz CT molecular complexity index is 1230. The molecule has 230 valence electrons. The van der Waals surface area contributed by atoms with Crippen molar-refractivity contribution in [3.8, 4) is 0 Å². The van der Waals surface area contributed by atoms with Crippen LogP contribution in [0, 0.1) is 5.41 Å². The van der Waals surface area contributed by atoms with Crippen molar-refractivity contribution in [2.24, 2.45) is 0 Å². The van der Waals surface area contributed by atoms with E-state index in [4.69, 9.17) is 9.96 Å². The van der Waals surface area contributed by atoms with E-state index in [1.165, 1.54) is 69.9 Å². The predicted molar refractivity (Wildman–Crippen MR) is 179 cm³/mol. The van der Waals surface area contributed by atoms with Crippen molar-refractivity contribution in [2.75, 3.05) is 38.0 Å². The molecule has 0 aliphatic rings. The predicted octanol–water partition coefficient (Wildman–Crippen LogP) is 8.63. The molecule has 0 bridgehead atoms. The lowest BCUT2D eigenvalue weighted by molar-refractivity contribution is 0.483. The van der Waals surface area contributed by atoms with Crippen molar-refractivity contribution >= 4 is 27.2 Å². The normalized spacial score (nSPS) is 11.0. The number of aryl methyl sites for hydroxylation is 1. The summed E-state index contributed by atoms with van der Waals surface area (Å²) in [6.07, 6.45) is 14.1. The number of hydrogen-bond donors (Lipinski definition) is 2. The molecule has 0 saturated carbocycles. The van der Waals surface area contributed by atoms with Crippen LogP contribution in [0.5, 0.6) is 0 Å². The third-order valence-electron chi connectivity index (χ3n) is 7.38. The smallest absolute Gasteiger partial charge is 0.294 e. The van der Waals surface area contributed by atoms with Crippen LogP contribution >= 0.6 is 0 Å². The molecule has 3 aromatic rings. The lowest BCUT2D eigenvalue weighted by atomic mass is 10.0. The number of anilines is 2. The second-order valence-electron chi connectivity index (χ2n) is 11.3. The molecule has 0 aromatic heterocycles. The van der Waals surface area contributed by atoms with E-state index in [0.717, 1.165) is 40.9 Å². The number of benzene rings is 3. The molecule has 0 amide bonds. The first-order valence-electron chi connectivity index (χ1n) is 15.2. The van der Waals surface area contributed by atoms with Crippen molar-refractivity contribution in [2.45, 2.75) is 82.4 Å². The van der Waals surface area contributed by atoms with E-state index in [-0.39, 0.29) is 4.90 Å². The molecule has 0 atom stereocenters. The van der Waals surface area contributed by atoms with Gasteiger partial charge in [-0.05, 0) is 54.8 Å². The highest BCUT2D eigenvalue weighted by molar-refractivity contribution is 7.85. The van der Waals surface area contributed by atoms with Gasteiger partial charge in [-0.1, -0.05) is 101 Å². The second kappa shape index (κ2) is 18.4. The van der Waals surface area contributed by atoms with E-state index < -0.39 is 10.1 Å². The molecule has 0 aliphatic carbocycles. The van der Waals surface area contributed by atoms with Gasteiger partial charge in [-0.25, -0.2) is 0 Å². The fourth-order valence-corrected chi connectivity index (χ4v) is 5.14. The summed E-state index contributed by atoms with van der Waals surface area (Å²) in [5.74, 6) is 0. The molecule has 0 fully saturated rings. The van der Waals surface area contributed by atoms with Gasteiger partial charge >= 0.3 is 0 Å². The highest BCUT2D eigenvalue weighted by atomic mass is 32.2. The number of hydrogen-bond acceptors (Lipinski definition) is 5. The minimum Gasteiger partial charge on any atom is -0.378 e. The van der Waals surface area contributed by atoms with Crippen LogP contribution in [-0.4, -0.2) is 46.9 Å². The summed E-state index contributed by atoms with van der Waals surface area (Å²) < 4.78 is 30.8. The lowest BCUT2D eigenvalue weighted by Gasteiger charge is -2.14. The Balaban J connectivity index is 0.000000294. The Morgan fingerprint density at radius 1 is 0.619 bits per heavy atom. The van der Waals surface area contributed by atoms with E-state index in [1.54, 1.807) is 12.1 Å². The second-order valence-corrected chi connectivity index (χ2v) is 12.7. The fraction of sp³-hybridized carbons (Fsp3) is 0.457. The number of rotatable bonds is 16. The van der Waals surface area contributed by atoms with Gasteiger partial charge in [0.15, 0.2) is 0 Å². The quantitative estimate of drug-likeness (QED) is 0.0986. The Labute approximate surface area is 255 Å². The molecule has 6 nitrogen and oxygen atoms in total. The molecule has 0 radical (unpaired) electrons. The number of nitrogens with zero attached hydrogens (tertiary/aromatic N) is 2. The lowest BCUT2D eigenvalue weighted by Crippen LogP contribution is -2.10. The van der Waals surface area contributed by atoms with Gasteiger partial charge in [0.25, 0.3) is 10.1 Å². The van der Waals surface area contributed by atoms with Gasteiger partial charge in [0.2, 0.25) is 0 Å². The zero-order valence-electron chi connectivity index (χ0n) is 26.3. The van der Waals surface area contributed by atoms with Crippen molar-refractivity contribution in [1.29, 1.82) is 5.41 Å². The average molecular weight is 594 g/mol. The third-order valence-corrected chi connectivity index (χ3v) is 8.25. The van der Waals surface area contributed by atoms with Crippen LogP contribution in [0.4, 0.5) is 11.4 Å². The van der Waals surface area contributed by atoms with Gasteiger partial charge in [-0.3, -0.25) is 9.96 Å². The summed E-state index contributed by atoms with van der Waals surface area (Å²) in [7, 11) is 3.99. The van der Waals surface area contributed by atoms with Gasteiger partial charge < -0.3 is 9.80 Å². The molecule has 0 heterocycles. The largest absolute Gasteiger partial charge is 0.378 e. The minimum atomic E-state index is -4.06. The van der Waals surface area contributed by atoms with Crippen molar-refractivity contribution in [1.82, 2.24) is 0 Å². The first kappa shape index (κ1) is 35.0. The average Bonchev–Trinajstić information content (AvgIpc) is 2.98.